The summed E-state index contributed by atoms with van der Waals surface area (Å²) < 4.78 is 29.4. The van der Waals surface area contributed by atoms with E-state index in [0.717, 1.165) is 28.6 Å². The molecule has 0 bridgehead atoms. The molecule has 0 saturated heterocycles. The van der Waals surface area contributed by atoms with Gasteiger partial charge in [0.2, 0.25) is 0 Å². The standard InChI is InChI=1S/C29H17F2N3.2C2H6/c30-25-14-12-22(16-24(25)23-13-11-19(18-32)15-26(23)31)29-33-27(20-7-3-1-4-8-20)17-28(34-29)21-9-5-2-6-10-21;2*1-2/h1-17H;2*1-2H3. The SMILES string of the molecule is CC.CC.N#Cc1ccc(-c2cc(-c3nc(-c4ccccc4)cc(-c4ccccc4)n3)ccc2F)c(F)c1. The molecule has 5 heteroatoms. The zero-order valence-corrected chi connectivity index (χ0v) is 21.9. The molecule has 3 nitrogen and oxygen atoms in total. The first-order valence-electron chi connectivity index (χ1n) is 12.6. The predicted molar refractivity (Wildman–Crippen MR) is 151 cm³/mol. The van der Waals surface area contributed by atoms with E-state index in [1.807, 2.05) is 100 Å². The van der Waals surface area contributed by atoms with Crippen molar-refractivity contribution in [1.82, 2.24) is 9.97 Å². The minimum atomic E-state index is -0.668. The molecule has 0 N–H and O–H groups in total. The smallest absolute Gasteiger partial charge is 0.160 e. The zero-order valence-electron chi connectivity index (χ0n) is 21.9. The van der Waals surface area contributed by atoms with Gasteiger partial charge in [-0.25, -0.2) is 18.7 Å². The lowest BCUT2D eigenvalue weighted by molar-refractivity contribution is 0.616. The Kier molecular flexibility index (Phi) is 9.96. The van der Waals surface area contributed by atoms with Gasteiger partial charge in [0.25, 0.3) is 0 Å². The highest BCUT2D eigenvalue weighted by Gasteiger charge is 2.15. The first-order valence-corrected chi connectivity index (χ1v) is 12.6. The van der Waals surface area contributed by atoms with E-state index >= 15 is 0 Å². The average molecular weight is 506 g/mol. The summed E-state index contributed by atoms with van der Waals surface area (Å²) in [5.41, 5.74) is 4.15. The van der Waals surface area contributed by atoms with Crippen LogP contribution in [0.5, 0.6) is 0 Å². The van der Waals surface area contributed by atoms with Crippen LogP contribution in [0.15, 0.2) is 103 Å². The number of nitriles is 1. The molecule has 0 aliphatic rings. The first-order chi connectivity index (χ1) is 18.6. The van der Waals surface area contributed by atoms with Crippen molar-refractivity contribution >= 4 is 0 Å². The van der Waals surface area contributed by atoms with Crippen LogP contribution >= 0.6 is 0 Å². The van der Waals surface area contributed by atoms with Gasteiger partial charge in [-0.15, -0.1) is 0 Å². The summed E-state index contributed by atoms with van der Waals surface area (Å²) in [7, 11) is 0. The number of rotatable bonds is 4. The van der Waals surface area contributed by atoms with Crippen LogP contribution in [0.3, 0.4) is 0 Å². The van der Waals surface area contributed by atoms with E-state index in [2.05, 4.69) is 0 Å². The number of halogens is 2. The van der Waals surface area contributed by atoms with E-state index in [9.17, 15) is 8.78 Å². The fourth-order valence-electron chi connectivity index (χ4n) is 3.76. The van der Waals surface area contributed by atoms with Crippen LogP contribution in [0.2, 0.25) is 0 Å². The van der Waals surface area contributed by atoms with Crippen molar-refractivity contribution in [2.45, 2.75) is 27.7 Å². The third-order valence-electron chi connectivity index (χ3n) is 5.48. The van der Waals surface area contributed by atoms with Gasteiger partial charge in [0.05, 0.1) is 23.0 Å². The van der Waals surface area contributed by atoms with Crippen molar-refractivity contribution in [1.29, 1.82) is 5.26 Å². The Morgan fingerprint density at radius 1 is 0.553 bits per heavy atom. The van der Waals surface area contributed by atoms with Crippen molar-refractivity contribution in [2.24, 2.45) is 0 Å². The maximum atomic E-state index is 14.7. The predicted octanol–water partition coefficient (Wildman–Crippen LogP) is 9.35. The molecule has 4 aromatic carbocycles. The second kappa shape index (κ2) is 13.6. The van der Waals surface area contributed by atoms with Gasteiger partial charge in [-0.3, -0.25) is 0 Å². The van der Waals surface area contributed by atoms with Crippen molar-refractivity contribution in [3.05, 3.63) is 120 Å². The number of aromatic nitrogens is 2. The molecule has 0 spiro atoms. The molecule has 1 aromatic heterocycles. The Bertz CT molecular complexity index is 1470. The van der Waals surface area contributed by atoms with Gasteiger partial charge in [0, 0.05) is 27.8 Å². The first kappa shape index (κ1) is 27.9. The molecule has 38 heavy (non-hydrogen) atoms. The maximum absolute atomic E-state index is 14.7. The summed E-state index contributed by atoms with van der Waals surface area (Å²) in [5.74, 6) is -0.843. The van der Waals surface area contributed by atoms with E-state index in [1.165, 1.54) is 18.2 Å². The molecule has 0 saturated carbocycles. The maximum Gasteiger partial charge on any atom is 0.160 e. The Morgan fingerprint density at radius 2 is 1.11 bits per heavy atom. The highest BCUT2D eigenvalue weighted by Crippen LogP contribution is 2.32. The van der Waals surface area contributed by atoms with E-state index in [-0.39, 0.29) is 16.7 Å². The van der Waals surface area contributed by atoms with Crippen LogP contribution in [-0.4, -0.2) is 9.97 Å². The molecule has 0 fully saturated rings. The topological polar surface area (TPSA) is 49.6 Å². The molecule has 0 atom stereocenters. The summed E-state index contributed by atoms with van der Waals surface area (Å²) in [6, 6.07) is 31.6. The Balaban J connectivity index is 0.000000956. The molecule has 0 unspecified atom stereocenters. The Labute approximate surface area is 223 Å². The molecule has 1 heterocycles. The van der Waals surface area contributed by atoms with Gasteiger partial charge in [0.1, 0.15) is 11.6 Å². The molecular weight excluding hydrogens is 476 g/mol. The minimum Gasteiger partial charge on any atom is -0.228 e. The van der Waals surface area contributed by atoms with Gasteiger partial charge in [-0.1, -0.05) is 94.4 Å². The van der Waals surface area contributed by atoms with Crippen LogP contribution < -0.4 is 0 Å². The number of hydrogen-bond donors (Lipinski definition) is 0. The van der Waals surface area contributed by atoms with Gasteiger partial charge < -0.3 is 0 Å². The van der Waals surface area contributed by atoms with Crippen molar-refractivity contribution in [2.75, 3.05) is 0 Å². The summed E-state index contributed by atoms with van der Waals surface area (Å²) in [6.07, 6.45) is 0. The molecule has 0 radical (unpaired) electrons. The van der Waals surface area contributed by atoms with Crippen molar-refractivity contribution < 1.29 is 8.78 Å². The lowest BCUT2D eigenvalue weighted by atomic mass is 10.00. The second-order valence-electron chi connectivity index (χ2n) is 7.70. The summed E-state index contributed by atoms with van der Waals surface area (Å²) in [5, 5.41) is 9.00. The number of hydrogen-bond acceptors (Lipinski definition) is 3. The van der Waals surface area contributed by atoms with Crippen LogP contribution in [0, 0.1) is 23.0 Å². The molecular formula is C33H29F2N3. The van der Waals surface area contributed by atoms with Crippen LogP contribution in [0.1, 0.15) is 33.3 Å². The van der Waals surface area contributed by atoms with Crippen LogP contribution in [0.4, 0.5) is 8.78 Å². The summed E-state index contributed by atoms with van der Waals surface area (Å²) >= 11 is 0. The quantitative estimate of drug-likeness (QED) is 0.244. The fourth-order valence-corrected chi connectivity index (χ4v) is 3.76. The molecule has 5 rings (SSSR count). The third kappa shape index (κ3) is 6.35. The van der Waals surface area contributed by atoms with Crippen LogP contribution in [0.25, 0.3) is 45.0 Å². The van der Waals surface area contributed by atoms with E-state index in [4.69, 9.17) is 15.2 Å². The summed E-state index contributed by atoms with van der Waals surface area (Å²) in [4.78, 5) is 9.49. The molecule has 5 aromatic rings. The normalized spacial score (nSPS) is 9.82. The molecule has 0 aliphatic heterocycles. The van der Waals surface area contributed by atoms with Crippen molar-refractivity contribution in [3.8, 4) is 51.1 Å². The number of nitrogens with zero attached hydrogens (tertiary/aromatic N) is 3. The van der Waals surface area contributed by atoms with E-state index in [1.54, 1.807) is 12.1 Å². The largest absolute Gasteiger partial charge is 0.228 e. The third-order valence-corrected chi connectivity index (χ3v) is 5.48. The van der Waals surface area contributed by atoms with E-state index in [0.29, 0.717) is 11.4 Å². The van der Waals surface area contributed by atoms with Gasteiger partial charge in [0.15, 0.2) is 5.82 Å². The molecule has 190 valence electrons. The van der Waals surface area contributed by atoms with Gasteiger partial charge >= 0.3 is 0 Å². The molecule has 0 aliphatic carbocycles. The minimum absolute atomic E-state index is 0.0702. The number of benzene rings is 4. The fraction of sp³-hybridized carbons (Fsp3) is 0.121. The van der Waals surface area contributed by atoms with Gasteiger partial charge in [-0.05, 0) is 36.4 Å². The lowest BCUT2D eigenvalue weighted by Crippen LogP contribution is -1.97. The van der Waals surface area contributed by atoms with Gasteiger partial charge in [-0.2, -0.15) is 5.26 Å². The average Bonchev–Trinajstić information content (AvgIpc) is 3.00. The lowest BCUT2D eigenvalue weighted by Gasteiger charge is -2.11. The summed E-state index contributed by atoms with van der Waals surface area (Å²) in [6.45, 7) is 8.00. The zero-order chi connectivity index (χ0) is 27.5. The van der Waals surface area contributed by atoms with Crippen molar-refractivity contribution in [3.63, 3.8) is 0 Å². The van der Waals surface area contributed by atoms with Crippen LogP contribution in [-0.2, 0) is 0 Å². The second-order valence-corrected chi connectivity index (χ2v) is 7.70. The monoisotopic (exact) mass is 505 g/mol. The highest BCUT2D eigenvalue weighted by atomic mass is 19.1. The Hall–Kier alpha value is -4.69. The Morgan fingerprint density at radius 3 is 1.61 bits per heavy atom. The molecule has 0 amide bonds. The van der Waals surface area contributed by atoms with E-state index < -0.39 is 11.6 Å². The highest BCUT2D eigenvalue weighted by molar-refractivity contribution is 5.75.